The van der Waals surface area contributed by atoms with Crippen LogP contribution in [-0.4, -0.2) is 19.8 Å². The van der Waals surface area contributed by atoms with E-state index in [1.807, 2.05) is 0 Å². The molecule has 18 heavy (non-hydrogen) atoms. The van der Waals surface area contributed by atoms with Gasteiger partial charge in [-0.3, -0.25) is 5.32 Å². The summed E-state index contributed by atoms with van der Waals surface area (Å²) in [6.45, 7) is -0.775. The van der Waals surface area contributed by atoms with Gasteiger partial charge in [-0.2, -0.15) is 8.78 Å². The first kappa shape index (κ1) is 14.3. The number of halogens is 2. The van der Waals surface area contributed by atoms with Gasteiger partial charge < -0.3 is 9.47 Å². The number of benzene rings is 1. The second kappa shape index (κ2) is 6.82. The number of hydrogen-bond donors (Lipinski definition) is 1. The number of para-hydroxylation sites is 1. The summed E-state index contributed by atoms with van der Waals surface area (Å²) < 4.78 is 34.2. The van der Waals surface area contributed by atoms with Crippen molar-refractivity contribution in [3.63, 3.8) is 0 Å². The summed E-state index contributed by atoms with van der Waals surface area (Å²) in [5.74, 6) is 2.79. The minimum atomic E-state index is -2.90. The molecule has 1 unspecified atom stereocenters. The van der Waals surface area contributed by atoms with Crippen molar-refractivity contribution in [2.75, 3.05) is 7.11 Å². The fourth-order valence-corrected chi connectivity index (χ4v) is 1.41. The second-order valence-electron chi connectivity index (χ2n) is 3.60. The number of nitrogens with one attached hydrogen (secondary N) is 1. The molecule has 0 fully saturated rings. The van der Waals surface area contributed by atoms with Gasteiger partial charge in [0, 0.05) is 12.1 Å². The average Bonchev–Trinajstić information content (AvgIpc) is 2.36. The van der Waals surface area contributed by atoms with Gasteiger partial charge in [-0.05, 0) is 13.0 Å². The predicted octanol–water partition coefficient (Wildman–Crippen LogP) is 2.41. The number of terminal acetylenes is 1. The van der Waals surface area contributed by atoms with E-state index >= 15 is 0 Å². The molecule has 1 aromatic carbocycles. The maximum absolute atomic E-state index is 12.4. The molecule has 0 aromatic heterocycles. The summed E-state index contributed by atoms with van der Waals surface area (Å²) in [4.78, 5) is 0. The van der Waals surface area contributed by atoms with Crippen LogP contribution in [0.2, 0.25) is 0 Å². The van der Waals surface area contributed by atoms with Gasteiger partial charge in [0.2, 0.25) is 0 Å². The Hall–Kier alpha value is -1.80. The lowest BCUT2D eigenvalue weighted by atomic mass is 10.1. The molecule has 0 heterocycles. The lowest BCUT2D eigenvalue weighted by Gasteiger charge is -2.15. The molecule has 0 saturated heterocycles. The van der Waals surface area contributed by atoms with Crippen LogP contribution in [0.3, 0.4) is 0 Å². The summed E-state index contributed by atoms with van der Waals surface area (Å²) >= 11 is 0. The smallest absolute Gasteiger partial charge is 0.387 e. The minimum Gasteiger partial charge on any atom is -0.493 e. The first-order valence-electron chi connectivity index (χ1n) is 5.38. The van der Waals surface area contributed by atoms with E-state index in [-0.39, 0.29) is 17.5 Å². The van der Waals surface area contributed by atoms with E-state index in [1.54, 1.807) is 25.1 Å². The monoisotopic (exact) mass is 255 g/mol. The van der Waals surface area contributed by atoms with Crippen LogP contribution < -0.4 is 14.8 Å². The van der Waals surface area contributed by atoms with Crippen molar-refractivity contribution in [1.29, 1.82) is 0 Å². The molecule has 0 saturated carbocycles. The van der Waals surface area contributed by atoms with Gasteiger partial charge in [-0.25, -0.2) is 0 Å². The van der Waals surface area contributed by atoms with Crippen molar-refractivity contribution in [3.05, 3.63) is 23.8 Å². The second-order valence-corrected chi connectivity index (χ2v) is 3.60. The van der Waals surface area contributed by atoms with E-state index in [4.69, 9.17) is 11.2 Å². The molecule has 1 N–H and O–H groups in total. The largest absolute Gasteiger partial charge is 0.493 e. The van der Waals surface area contributed by atoms with Crippen LogP contribution in [0.5, 0.6) is 11.5 Å². The van der Waals surface area contributed by atoms with E-state index in [9.17, 15) is 8.78 Å². The summed E-state index contributed by atoms with van der Waals surface area (Å²) in [7, 11) is 1.40. The van der Waals surface area contributed by atoms with Crippen molar-refractivity contribution < 1.29 is 18.3 Å². The van der Waals surface area contributed by atoms with Crippen LogP contribution in [0.4, 0.5) is 8.78 Å². The van der Waals surface area contributed by atoms with Crippen LogP contribution in [0.15, 0.2) is 18.2 Å². The van der Waals surface area contributed by atoms with Crippen LogP contribution in [0.25, 0.3) is 0 Å². The predicted molar refractivity (Wildman–Crippen MR) is 64.8 cm³/mol. The first-order valence-corrected chi connectivity index (χ1v) is 5.38. The van der Waals surface area contributed by atoms with Gasteiger partial charge in [-0.1, -0.05) is 18.1 Å². The highest BCUT2D eigenvalue weighted by Crippen LogP contribution is 2.32. The van der Waals surface area contributed by atoms with Gasteiger partial charge in [0.05, 0.1) is 13.2 Å². The normalized spacial score (nSPS) is 12.0. The summed E-state index contributed by atoms with van der Waals surface area (Å²) in [6.07, 6.45) is 5.22. The number of methoxy groups -OCH3 is 1. The Morgan fingerprint density at radius 2 is 2.17 bits per heavy atom. The number of rotatable bonds is 6. The lowest BCUT2D eigenvalue weighted by molar-refractivity contribution is -0.0518. The van der Waals surface area contributed by atoms with E-state index in [2.05, 4.69) is 16.0 Å². The number of alkyl halides is 2. The van der Waals surface area contributed by atoms with Crippen molar-refractivity contribution in [2.24, 2.45) is 0 Å². The summed E-state index contributed by atoms with van der Waals surface area (Å²) in [5.41, 5.74) is 0.566. The van der Waals surface area contributed by atoms with Crippen LogP contribution in [0, 0.1) is 12.3 Å². The molecular formula is C13H15F2NO2. The molecule has 1 atom stereocenters. The standard InChI is InChI=1S/C13H15F2NO2/c1-4-9(2)16-8-10-6-5-7-11(17-3)12(10)18-13(14)15/h1,5-7,9,13,16H,8H2,2-3H3. The molecule has 1 aromatic rings. The van der Waals surface area contributed by atoms with Gasteiger partial charge in [0.15, 0.2) is 11.5 Å². The Morgan fingerprint density at radius 1 is 1.44 bits per heavy atom. The Bertz CT molecular complexity index is 429. The molecule has 5 heteroatoms. The third-order valence-electron chi connectivity index (χ3n) is 2.34. The molecule has 0 bridgehead atoms. The topological polar surface area (TPSA) is 30.5 Å². The van der Waals surface area contributed by atoms with E-state index in [0.29, 0.717) is 12.1 Å². The van der Waals surface area contributed by atoms with Crippen molar-refractivity contribution in [3.8, 4) is 23.8 Å². The number of hydrogen-bond acceptors (Lipinski definition) is 3. The molecule has 0 spiro atoms. The Labute approximate surface area is 105 Å². The zero-order chi connectivity index (χ0) is 13.5. The zero-order valence-electron chi connectivity index (χ0n) is 10.2. The fourth-order valence-electron chi connectivity index (χ4n) is 1.41. The van der Waals surface area contributed by atoms with Crippen LogP contribution in [-0.2, 0) is 6.54 Å². The van der Waals surface area contributed by atoms with Gasteiger partial charge in [0.1, 0.15) is 0 Å². The van der Waals surface area contributed by atoms with Crippen LogP contribution in [0.1, 0.15) is 12.5 Å². The molecule has 0 aliphatic rings. The SMILES string of the molecule is C#CC(C)NCc1cccc(OC)c1OC(F)F. The Kier molecular flexibility index (Phi) is 5.40. The van der Waals surface area contributed by atoms with E-state index in [0.717, 1.165) is 0 Å². The molecule has 0 radical (unpaired) electrons. The van der Waals surface area contributed by atoms with E-state index < -0.39 is 6.61 Å². The van der Waals surface area contributed by atoms with Gasteiger partial charge >= 0.3 is 6.61 Å². The fraction of sp³-hybridized carbons (Fsp3) is 0.385. The van der Waals surface area contributed by atoms with Crippen molar-refractivity contribution >= 4 is 0 Å². The Balaban J connectivity index is 2.92. The molecule has 0 aliphatic carbocycles. The van der Waals surface area contributed by atoms with Gasteiger partial charge in [0.25, 0.3) is 0 Å². The minimum absolute atomic E-state index is 0.0340. The third-order valence-corrected chi connectivity index (χ3v) is 2.34. The maximum atomic E-state index is 12.4. The van der Waals surface area contributed by atoms with Gasteiger partial charge in [-0.15, -0.1) is 6.42 Å². The highest BCUT2D eigenvalue weighted by Gasteiger charge is 2.15. The lowest BCUT2D eigenvalue weighted by Crippen LogP contribution is -2.24. The maximum Gasteiger partial charge on any atom is 0.387 e. The highest BCUT2D eigenvalue weighted by molar-refractivity contribution is 5.46. The highest BCUT2D eigenvalue weighted by atomic mass is 19.3. The van der Waals surface area contributed by atoms with Crippen molar-refractivity contribution in [1.82, 2.24) is 5.32 Å². The molecule has 3 nitrogen and oxygen atoms in total. The summed E-state index contributed by atoms with van der Waals surface area (Å²) in [5, 5.41) is 3.00. The quantitative estimate of drug-likeness (QED) is 0.792. The first-order chi connectivity index (χ1) is 8.58. The van der Waals surface area contributed by atoms with E-state index in [1.165, 1.54) is 7.11 Å². The van der Waals surface area contributed by atoms with Crippen molar-refractivity contribution in [2.45, 2.75) is 26.1 Å². The molecule has 1 rings (SSSR count). The van der Waals surface area contributed by atoms with Crippen LogP contribution >= 0.6 is 0 Å². The number of ether oxygens (including phenoxy) is 2. The molecular weight excluding hydrogens is 240 g/mol. The molecule has 0 aliphatic heterocycles. The third kappa shape index (κ3) is 3.90. The molecule has 0 amide bonds. The average molecular weight is 255 g/mol. The molecule has 98 valence electrons. The summed E-state index contributed by atoms with van der Waals surface area (Å²) in [6, 6.07) is 4.78. The Morgan fingerprint density at radius 3 is 2.72 bits per heavy atom. The zero-order valence-corrected chi connectivity index (χ0v) is 10.2.